The van der Waals surface area contributed by atoms with Gasteiger partial charge >= 0.3 is 0 Å². The highest BCUT2D eigenvalue weighted by Gasteiger charge is 2.14. The molecule has 0 aliphatic rings. The molecule has 5 heteroatoms. The number of hydrogen-bond acceptors (Lipinski definition) is 2. The minimum atomic E-state index is -2.58. The highest BCUT2D eigenvalue weighted by molar-refractivity contribution is 6.31. The molecule has 2 nitrogen and oxygen atoms in total. The molecule has 2 rings (SSSR count). The van der Waals surface area contributed by atoms with Crippen molar-refractivity contribution in [3.05, 3.63) is 34.5 Å². The summed E-state index contributed by atoms with van der Waals surface area (Å²) in [5.74, 6) is 0. The summed E-state index contributed by atoms with van der Waals surface area (Å²) in [6, 6.07) is 4.85. The van der Waals surface area contributed by atoms with E-state index >= 15 is 0 Å². The summed E-state index contributed by atoms with van der Waals surface area (Å²) in [4.78, 5) is 4.01. The highest BCUT2D eigenvalue weighted by Crippen LogP contribution is 2.31. The summed E-state index contributed by atoms with van der Waals surface area (Å²) in [6.07, 6.45) is -2.58. The minimum Gasteiger partial charge on any atom is -0.385 e. The van der Waals surface area contributed by atoms with Gasteiger partial charge in [0.2, 0.25) is 0 Å². The molecule has 0 aliphatic carbocycles. The van der Waals surface area contributed by atoms with Crippen molar-refractivity contribution in [3.8, 4) is 0 Å². The molecule has 1 aromatic heterocycles. The van der Waals surface area contributed by atoms with Crippen LogP contribution in [0.5, 0.6) is 0 Å². The van der Waals surface area contributed by atoms with Crippen LogP contribution in [0.3, 0.4) is 0 Å². The monoisotopic (exact) mass is 270 g/mol. The van der Waals surface area contributed by atoms with Crippen LogP contribution in [0.4, 0.5) is 14.5 Å². The number of nitrogens with zero attached hydrogens (tertiary/aromatic N) is 1. The van der Waals surface area contributed by atoms with E-state index in [-0.39, 0.29) is 5.69 Å². The van der Waals surface area contributed by atoms with Gasteiger partial charge in [0.15, 0.2) is 0 Å². The SMILES string of the molecule is CCNc1cc(C(F)F)nc2c(C)cc(Cl)cc12. The third-order valence-corrected chi connectivity index (χ3v) is 2.90. The van der Waals surface area contributed by atoms with Crippen LogP contribution in [0.25, 0.3) is 10.9 Å². The number of hydrogen-bond donors (Lipinski definition) is 1. The van der Waals surface area contributed by atoms with Crippen LogP contribution in [-0.2, 0) is 0 Å². The maximum absolute atomic E-state index is 12.8. The van der Waals surface area contributed by atoms with Gasteiger partial charge in [-0.3, -0.25) is 0 Å². The summed E-state index contributed by atoms with van der Waals surface area (Å²) in [6.45, 7) is 4.37. The zero-order valence-corrected chi connectivity index (χ0v) is 10.9. The van der Waals surface area contributed by atoms with E-state index in [9.17, 15) is 8.78 Å². The van der Waals surface area contributed by atoms with Gasteiger partial charge in [-0.25, -0.2) is 13.8 Å². The minimum absolute atomic E-state index is 0.219. The fourth-order valence-electron chi connectivity index (χ4n) is 1.92. The largest absolute Gasteiger partial charge is 0.385 e. The predicted molar refractivity (Wildman–Crippen MR) is 70.6 cm³/mol. The number of benzene rings is 1. The molecule has 2 aromatic rings. The summed E-state index contributed by atoms with van der Waals surface area (Å²) >= 11 is 5.99. The quantitative estimate of drug-likeness (QED) is 0.884. The van der Waals surface area contributed by atoms with Crippen molar-refractivity contribution < 1.29 is 8.78 Å². The van der Waals surface area contributed by atoms with E-state index in [1.54, 1.807) is 12.1 Å². The zero-order valence-electron chi connectivity index (χ0n) is 10.1. The number of pyridine rings is 1. The van der Waals surface area contributed by atoms with Crippen molar-refractivity contribution in [3.63, 3.8) is 0 Å². The molecule has 0 fully saturated rings. The molecular formula is C13H13ClF2N2. The predicted octanol–water partition coefficient (Wildman–Crippen LogP) is 4.57. The van der Waals surface area contributed by atoms with E-state index in [2.05, 4.69) is 10.3 Å². The molecule has 96 valence electrons. The number of aromatic nitrogens is 1. The van der Waals surface area contributed by atoms with Gasteiger partial charge in [0, 0.05) is 22.6 Å². The number of fused-ring (bicyclic) bond motifs is 1. The zero-order chi connectivity index (χ0) is 13.3. The molecule has 1 N–H and O–H groups in total. The highest BCUT2D eigenvalue weighted by atomic mass is 35.5. The molecule has 0 unspecified atom stereocenters. The Morgan fingerprint density at radius 1 is 1.33 bits per heavy atom. The summed E-state index contributed by atoms with van der Waals surface area (Å²) in [5, 5.41) is 4.41. The van der Waals surface area contributed by atoms with E-state index in [1.807, 2.05) is 13.8 Å². The van der Waals surface area contributed by atoms with E-state index < -0.39 is 6.43 Å². The Balaban J connectivity index is 2.76. The van der Waals surface area contributed by atoms with Crippen molar-refractivity contribution in [1.29, 1.82) is 0 Å². The van der Waals surface area contributed by atoms with Crippen molar-refractivity contribution in [2.24, 2.45) is 0 Å². The number of nitrogens with one attached hydrogen (secondary N) is 1. The number of halogens is 3. The molecule has 18 heavy (non-hydrogen) atoms. The van der Waals surface area contributed by atoms with Gasteiger partial charge in [0.25, 0.3) is 6.43 Å². The maximum atomic E-state index is 12.8. The third kappa shape index (κ3) is 2.38. The summed E-state index contributed by atoms with van der Waals surface area (Å²) < 4.78 is 25.6. The lowest BCUT2D eigenvalue weighted by atomic mass is 10.1. The Bertz CT molecular complexity index is 585. The number of rotatable bonds is 3. The van der Waals surface area contributed by atoms with Gasteiger partial charge in [-0.05, 0) is 37.6 Å². The fraction of sp³-hybridized carbons (Fsp3) is 0.308. The van der Waals surface area contributed by atoms with E-state index in [4.69, 9.17) is 11.6 Å². The number of anilines is 1. The van der Waals surface area contributed by atoms with Crippen LogP contribution < -0.4 is 5.32 Å². The second kappa shape index (κ2) is 5.06. The normalized spacial score (nSPS) is 11.2. The lowest BCUT2D eigenvalue weighted by Gasteiger charge is -2.12. The Hall–Kier alpha value is -1.42. The maximum Gasteiger partial charge on any atom is 0.280 e. The molecule has 0 bridgehead atoms. The molecule has 1 aromatic carbocycles. The molecule has 1 heterocycles. The Morgan fingerprint density at radius 3 is 2.67 bits per heavy atom. The Labute approximate surface area is 109 Å². The molecule has 0 spiro atoms. The molecule has 0 aliphatic heterocycles. The first-order valence-electron chi connectivity index (χ1n) is 5.65. The van der Waals surface area contributed by atoms with Crippen molar-refractivity contribution >= 4 is 28.2 Å². The first-order valence-corrected chi connectivity index (χ1v) is 6.03. The van der Waals surface area contributed by atoms with Gasteiger partial charge in [-0.1, -0.05) is 11.6 Å². The number of alkyl halides is 2. The average molecular weight is 271 g/mol. The third-order valence-electron chi connectivity index (χ3n) is 2.68. The molecule has 0 atom stereocenters. The lowest BCUT2D eigenvalue weighted by Crippen LogP contribution is -2.02. The molecule has 0 saturated carbocycles. The molecule has 0 saturated heterocycles. The first-order chi connectivity index (χ1) is 8.52. The van der Waals surface area contributed by atoms with Crippen LogP contribution in [-0.4, -0.2) is 11.5 Å². The fourth-order valence-corrected chi connectivity index (χ4v) is 2.20. The molecule has 0 radical (unpaired) electrons. The van der Waals surface area contributed by atoms with E-state index in [1.165, 1.54) is 6.07 Å². The van der Waals surface area contributed by atoms with Gasteiger partial charge in [-0.15, -0.1) is 0 Å². The summed E-state index contributed by atoms with van der Waals surface area (Å²) in [5.41, 5.74) is 1.78. The summed E-state index contributed by atoms with van der Waals surface area (Å²) in [7, 11) is 0. The van der Waals surface area contributed by atoms with Gasteiger partial charge in [-0.2, -0.15) is 0 Å². The van der Waals surface area contributed by atoms with Crippen LogP contribution in [0, 0.1) is 6.92 Å². The van der Waals surface area contributed by atoms with E-state index in [0.717, 1.165) is 10.9 Å². The molecular weight excluding hydrogens is 258 g/mol. The van der Waals surface area contributed by atoms with Crippen molar-refractivity contribution in [2.75, 3.05) is 11.9 Å². The lowest BCUT2D eigenvalue weighted by molar-refractivity contribution is 0.146. The topological polar surface area (TPSA) is 24.9 Å². The van der Waals surface area contributed by atoms with Crippen LogP contribution in [0.2, 0.25) is 5.02 Å². The van der Waals surface area contributed by atoms with Gasteiger partial charge in [0.05, 0.1) is 5.52 Å². The Morgan fingerprint density at radius 2 is 2.06 bits per heavy atom. The van der Waals surface area contributed by atoms with Crippen LogP contribution in [0.15, 0.2) is 18.2 Å². The van der Waals surface area contributed by atoms with Crippen molar-refractivity contribution in [2.45, 2.75) is 20.3 Å². The van der Waals surface area contributed by atoms with Crippen LogP contribution >= 0.6 is 11.6 Å². The standard InChI is InChI=1S/C13H13ClF2N2/c1-3-17-10-6-11(13(15)16)18-12-7(2)4-8(14)5-9(10)12/h4-6,13H,3H2,1-2H3,(H,17,18). The first kappa shape index (κ1) is 13.0. The second-order valence-corrected chi connectivity index (χ2v) is 4.48. The molecule has 0 amide bonds. The van der Waals surface area contributed by atoms with E-state index in [0.29, 0.717) is 22.8 Å². The van der Waals surface area contributed by atoms with Gasteiger partial charge < -0.3 is 5.32 Å². The second-order valence-electron chi connectivity index (χ2n) is 4.04. The van der Waals surface area contributed by atoms with Gasteiger partial charge in [0.1, 0.15) is 5.69 Å². The number of aryl methyl sites for hydroxylation is 1. The average Bonchev–Trinajstić information content (AvgIpc) is 2.29. The smallest absolute Gasteiger partial charge is 0.280 e. The van der Waals surface area contributed by atoms with Crippen molar-refractivity contribution in [1.82, 2.24) is 4.98 Å². The Kier molecular flexibility index (Phi) is 3.66. The van der Waals surface area contributed by atoms with Crippen LogP contribution in [0.1, 0.15) is 24.6 Å².